The monoisotopic (exact) mass is 296 g/mol. The maximum absolute atomic E-state index is 12.0. The quantitative estimate of drug-likeness (QED) is 0.770. The van der Waals surface area contributed by atoms with E-state index in [-0.39, 0.29) is 19.0 Å². The van der Waals surface area contributed by atoms with Crippen molar-refractivity contribution in [2.24, 2.45) is 0 Å². The van der Waals surface area contributed by atoms with Gasteiger partial charge in [0.25, 0.3) is 5.91 Å². The molecule has 1 saturated heterocycles. The average molecular weight is 297 g/mol. The molecule has 17 heavy (non-hydrogen) atoms. The number of nitrogens with zero attached hydrogens (tertiary/aromatic N) is 1. The summed E-state index contributed by atoms with van der Waals surface area (Å²) in [6.45, 7) is -0.165. The Kier molecular flexibility index (Phi) is 3.23. The van der Waals surface area contributed by atoms with E-state index in [1.54, 1.807) is 24.3 Å². The minimum Gasteiger partial charge on any atom is -0.320 e. The van der Waals surface area contributed by atoms with Gasteiger partial charge in [0, 0.05) is 10.0 Å². The van der Waals surface area contributed by atoms with Crippen LogP contribution in [0.2, 0.25) is 0 Å². The standard InChI is InChI=1S/C11H9BrN2O3/c12-8-3-1-7(2-4-8)11(17)14-5-9(15)13-10(16)6-14/h1-4H,5-6H2,(H,13,15,16). The average Bonchev–Trinajstić information content (AvgIpc) is 2.28. The first kappa shape index (κ1) is 11.8. The molecule has 6 heteroatoms. The van der Waals surface area contributed by atoms with Crippen LogP contribution in [0.1, 0.15) is 10.4 Å². The summed E-state index contributed by atoms with van der Waals surface area (Å²) in [5.41, 5.74) is 0.454. The molecule has 0 radical (unpaired) electrons. The van der Waals surface area contributed by atoms with E-state index < -0.39 is 11.8 Å². The van der Waals surface area contributed by atoms with E-state index in [1.807, 2.05) is 0 Å². The zero-order chi connectivity index (χ0) is 12.4. The molecule has 1 heterocycles. The molecule has 0 spiro atoms. The van der Waals surface area contributed by atoms with Crippen molar-refractivity contribution in [3.8, 4) is 0 Å². The number of hydrogen-bond acceptors (Lipinski definition) is 3. The second-order valence-electron chi connectivity index (χ2n) is 3.64. The lowest BCUT2D eigenvalue weighted by Crippen LogP contribution is -2.53. The molecule has 0 aliphatic carbocycles. The molecule has 1 N–H and O–H groups in total. The zero-order valence-electron chi connectivity index (χ0n) is 8.77. The minimum atomic E-state index is -0.452. The van der Waals surface area contributed by atoms with Gasteiger partial charge in [0.2, 0.25) is 11.8 Å². The maximum Gasteiger partial charge on any atom is 0.254 e. The van der Waals surface area contributed by atoms with Gasteiger partial charge in [-0.1, -0.05) is 15.9 Å². The Morgan fingerprint density at radius 2 is 1.65 bits per heavy atom. The highest BCUT2D eigenvalue weighted by Crippen LogP contribution is 2.12. The highest BCUT2D eigenvalue weighted by Gasteiger charge is 2.26. The minimum absolute atomic E-state index is 0.0827. The maximum atomic E-state index is 12.0. The smallest absolute Gasteiger partial charge is 0.254 e. The molecule has 1 fully saturated rings. The lowest BCUT2D eigenvalue weighted by molar-refractivity contribution is -0.135. The first-order valence-electron chi connectivity index (χ1n) is 4.94. The van der Waals surface area contributed by atoms with Crippen molar-refractivity contribution in [2.45, 2.75) is 0 Å². The Labute approximate surface area is 106 Å². The van der Waals surface area contributed by atoms with Crippen LogP contribution in [0.3, 0.4) is 0 Å². The summed E-state index contributed by atoms with van der Waals surface area (Å²) in [5, 5.41) is 2.15. The van der Waals surface area contributed by atoms with Gasteiger partial charge in [-0.3, -0.25) is 19.7 Å². The fourth-order valence-corrected chi connectivity index (χ4v) is 1.82. The molecule has 0 aromatic heterocycles. The number of piperazine rings is 1. The summed E-state index contributed by atoms with van der Waals surface area (Å²) in [7, 11) is 0. The lowest BCUT2D eigenvalue weighted by atomic mass is 10.2. The first-order valence-corrected chi connectivity index (χ1v) is 5.73. The van der Waals surface area contributed by atoms with E-state index in [9.17, 15) is 14.4 Å². The van der Waals surface area contributed by atoms with Crippen LogP contribution < -0.4 is 5.32 Å². The summed E-state index contributed by atoms with van der Waals surface area (Å²) in [5.74, 6) is -1.22. The van der Waals surface area contributed by atoms with Crippen LogP contribution in [-0.4, -0.2) is 35.7 Å². The number of carbonyl (C=O) groups excluding carboxylic acids is 3. The summed E-state index contributed by atoms with van der Waals surface area (Å²) in [6.07, 6.45) is 0. The first-order chi connectivity index (χ1) is 8.06. The number of nitrogens with one attached hydrogen (secondary N) is 1. The van der Waals surface area contributed by atoms with E-state index in [0.717, 1.165) is 4.47 Å². The molecule has 3 amide bonds. The predicted octanol–water partition coefficient (Wildman–Crippen LogP) is 0.548. The van der Waals surface area contributed by atoms with Crippen molar-refractivity contribution < 1.29 is 14.4 Å². The molecule has 0 unspecified atom stereocenters. The molecule has 1 aliphatic rings. The van der Waals surface area contributed by atoms with E-state index in [1.165, 1.54) is 4.90 Å². The van der Waals surface area contributed by atoms with Gasteiger partial charge in [-0.2, -0.15) is 0 Å². The van der Waals surface area contributed by atoms with Crippen molar-refractivity contribution in [1.82, 2.24) is 10.2 Å². The van der Waals surface area contributed by atoms with Crippen molar-refractivity contribution >= 4 is 33.7 Å². The summed E-state index contributed by atoms with van der Waals surface area (Å²) in [4.78, 5) is 35.5. The van der Waals surface area contributed by atoms with E-state index in [4.69, 9.17) is 0 Å². The second-order valence-corrected chi connectivity index (χ2v) is 4.56. The topological polar surface area (TPSA) is 66.5 Å². The van der Waals surface area contributed by atoms with Crippen LogP contribution in [0.5, 0.6) is 0 Å². The van der Waals surface area contributed by atoms with Gasteiger partial charge in [-0.25, -0.2) is 0 Å². The van der Waals surface area contributed by atoms with Crippen LogP contribution in [0.25, 0.3) is 0 Å². The number of amides is 3. The van der Waals surface area contributed by atoms with E-state index in [0.29, 0.717) is 5.56 Å². The Bertz CT molecular complexity index is 468. The number of imide groups is 1. The Morgan fingerprint density at radius 1 is 1.12 bits per heavy atom. The van der Waals surface area contributed by atoms with Crippen molar-refractivity contribution in [1.29, 1.82) is 0 Å². The molecule has 0 atom stereocenters. The number of rotatable bonds is 1. The Hall–Kier alpha value is -1.69. The largest absolute Gasteiger partial charge is 0.320 e. The number of hydrogen-bond donors (Lipinski definition) is 1. The summed E-state index contributed by atoms with van der Waals surface area (Å²) in [6, 6.07) is 6.75. The number of benzene rings is 1. The van der Waals surface area contributed by atoms with Crippen LogP contribution >= 0.6 is 15.9 Å². The third kappa shape index (κ3) is 2.71. The lowest BCUT2D eigenvalue weighted by Gasteiger charge is -2.25. The predicted molar refractivity (Wildman–Crippen MR) is 63.2 cm³/mol. The molecule has 0 bridgehead atoms. The van der Waals surface area contributed by atoms with Gasteiger partial charge < -0.3 is 4.90 Å². The van der Waals surface area contributed by atoms with Gasteiger partial charge in [0.15, 0.2) is 0 Å². The van der Waals surface area contributed by atoms with Gasteiger partial charge in [-0.15, -0.1) is 0 Å². The van der Waals surface area contributed by atoms with Gasteiger partial charge in [0.1, 0.15) is 13.1 Å². The molecule has 5 nitrogen and oxygen atoms in total. The van der Waals surface area contributed by atoms with Crippen LogP contribution in [0.4, 0.5) is 0 Å². The highest BCUT2D eigenvalue weighted by molar-refractivity contribution is 9.10. The third-order valence-corrected chi connectivity index (χ3v) is 2.85. The normalized spacial score (nSPS) is 15.7. The second kappa shape index (κ2) is 4.67. The zero-order valence-corrected chi connectivity index (χ0v) is 10.4. The Morgan fingerprint density at radius 3 is 2.18 bits per heavy atom. The van der Waals surface area contributed by atoms with Crippen LogP contribution in [0.15, 0.2) is 28.7 Å². The fourth-order valence-electron chi connectivity index (χ4n) is 1.56. The van der Waals surface area contributed by atoms with Gasteiger partial charge >= 0.3 is 0 Å². The molecule has 1 aromatic carbocycles. The van der Waals surface area contributed by atoms with Gasteiger partial charge in [-0.05, 0) is 24.3 Å². The molecule has 1 aromatic rings. The molecule has 0 saturated carbocycles. The SMILES string of the molecule is O=C1CN(C(=O)c2ccc(Br)cc2)CC(=O)N1. The fraction of sp³-hybridized carbons (Fsp3) is 0.182. The van der Waals surface area contributed by atoms with Crippen molar-refractivity contribution in [2.75, 3.05) is 13.1 Å². The van der Waals surface area contributed by atoms with E-state index >= 15 is 0 Å². The number of halogens is 1. The van der Waals surface area contributed by atoms with Crippen molar-refractivity contribution in [3.05, 3.63) is 34.3 Å². The molecular formula is C11H9BrN2O3. The highest BCUT2D eigenvalue weighted by atomic mass is 79.9. The molecular weight excluding hydrogens is 288 g/mol. The molecule has 2 rings (SSSR count). The Balaban J connectivity index is 2.17. The summed E-state index contributed by atoms with van der Waals surface area (Å²) < 4.78 is 0.863. The third-order valence-electron chi connectivity index (χ3n) is 2.33. The van der Waals surface area contributed by atoms with Crippen LogP contribution in [-0.2, 0) is 9.59 Å². The summed E-state index contributed by atoms with van der Waals surface area (Å²) >= 11 is 3.27. The van der Waals surface area contributed by atoms with Crippen LogP contribution in [0, 0.1) is 0 Å². The molecule has 88 valence electrons. The molecule has 1 aliphatic heterocycles. The number of carbonyl (C=O) groups is 3. The van der Waals surface area contributed by atoms with Gasteiger partial charge in [0.05, 0.1) is 0 Å². The van der Waals surface area contributed by atoms with E-state index in [2.05, 4.69) is 21.2 Å². The van der Waals surface area contributed by atoms with Crippen molar-refractivity contribution in [3.63, 3.8) is 0 Å².